The van der Waals surface area contributed by atoms with E-state index in [4.69, 9.17) is 0 Å². The summed E-state index contributed by atoms with van der Waals surface area (Å²) < 4.78 is 0. The summed E-state index contributed by atoms with van der Waals surface area (Å²) in [5.41, 5.74) is 0.629. The minimum absolute atomic E-state index is 0.0254. The lowest BCUT2D eigenvalue weighted by molar-refractivity contribution is -0.137. The van der Waals surface area contributed by atoms with E-state index < -0.39 is 0 Å². The van der Waals surface area contributed by atoms with E-state index in [0.29, 0.717) is 30.9 Å². The molecule has 0 spiro atoms. The number of carbonyl (C=O) groups excluding carboxylic acids is 2. The van der Waals surface area contributed by atoms with Gasteiger partial charge in [-0.3, -0.25) is 9.59 Å². The lowest BCUT2D eigenvalue weighted by Gasteiger charge is -2.39. The number of carbonyl (C=O) groups is 2. The number of hydrogen-bond acceptors (Lipinski definition) is 3. The standard InChI is InChI=1S/C18H26N2O3/c1-14-7-6-12-20(16(14)13-21)17(22)10-5-11-19-18(23)15-8-3-2-4-9-15/h2-4,8-9,14,16,21H,5-7,10-13H2,1H3,(H,19,23). The van der Waals surface area contributed by atoms with Crippen LogP contribution >= 0.6 is 0 Å². The number of nitrogens with zero attached hydrogens (tertiary/aromatic N) is 1. The number of aliphatic hydroxyl groups excluding tert-OH is 1. The molecule has 1 fully saturated rings. The number of rotatable bonds is 6. The zero-order chi connectivity index (χ0) is 16.7. The van der Waals surface area contributed by atoms with Crippen LogP contribution in [0.25, 0.3) is 0 Å². The monoisotopic (exact) mass is 318 g/mol. The van der Waals surface area contributed by atoms with Crippen molar-refractivity contribution in [2.45, 2.75) is 38.6 Å². The number of hydrogen-bond donors (Lipinski definition) is 2. The summed E-state index contributed by atoms with van der Waals surface area (Å²) in [5.74, 6) is 0.304. The van der Waals surface area contributed by atoms with Gasteiger partial charge in [0.1, 0.15) is 0 Å². The highest BCUT2D eigenvalue weighted by Gasteiger charge is 2.30. The number of aliphatic hydroxyl groups is 1. The number of amides is 2. The fourth-order valence-corrected chi connectivity index (χ4v) is 3.11. The summed E-state index contributed by atoms with van der Waals surface area (Å²) in [4.78, 5) is 26.0. The molecule has 0 aliphatic carbocycles. The maximum absolute atomic E-state index is 12.3. The average Bonchev–Trinajstić information content (AvgIpc) is 2.58. The first-order valence-corrected chi connectivity index (χ1v) is 8.37. The van der Waals surface area contributed by atoms with Crippen LogP contribution < -0.4 is 5.32 Å². The van der Waals surface area contributed by atoms with Gasteiger partial charge in [-0.2, -0.15) is 0 Å². The second-order valence-corrected chi connectivity index (χ2v) is 6.18. The van der Waals surface area contributed by atoms with E-state index in [1.54, 1.807) is 12.1 Å². The van der Waals surface area contributed by atoms with Crippen molar-refractivity contribution in [3.05, 3.63) is 35.9 Å². The number of piperidine rings is 1. The van der Waals surface area contributed by atoms with Gasteiger partial charge in [0.05, 0.1) is 12.6 Å². The lowest BCUT2D eigenvalue weighted by Crippen LogP contribution is -2.49. The van der Waals surface area contributed by atoms with Crippen molar-refractivity contribution in [2.24, 2.45) is 5.92 Å². The van der Waals surface area contributed by atoms with Gasteiger partial charge < -0.3 is 15.3 Å². The Labute approximate surface area is 137 Å². The summed E-state index contributed by atoms with van der Waals surface area (Å²) in [6.45, 7) is 3.31. The van der Waals surface area contributed by atoms with Gasteiger partial charge in [-0.1, -0.05) is 25.1 Å². The van der Waals surface area contributed by atoms with E-state index in [2.05, 4.69) is 12.2 Å². The van der Waals surface area contributed by atoms with E-state index in [9.17, 15) is 14.7 Å². The van der Waals surface area contributed by atoms with Gasteiger partial charge in [-0.25, -0.2) is 0 Å². The minimum atomic E-state index is -0.113. The minimum Gasteiger partial charge on any atom is -0.394 e. The van der Waals surface area contributed by atoms with Crippen molar-refractivity contribution in [3.8, 4) is 0 Å². The van der Waals surface area contributed by atoms with E-state index in [1.165, 1.54) is 0 Å². The maximum Gasteiger partial charge on any atom is 0.251 e. The van der Waals surface area contributed by atoms with Crippen LogP contribution in [0.4, 0.5) is 0 Å². The molecule has 1 aromatic rings. The Morgan fingerprint density at radius 1 is 1.30 bits per heavy atom. The molecular formula is C18H26N2O3. The third-order valence-corrected chi connectivity index (χ3v) is 4.51. The smallest absolute Gasteiger partial charge is 0.251 e. The highest BCUT2D eigenvalue weighted by atomic mass is 16.3. The fourth-order valence-electron chi connectivity index (χ4n) is 3.11. The number of nitrogens with one attached hydrogen (secondary N) is 1. The van der Waals surface area contributed by atoms with Crippen molar-refractivity contribution < 1.29 is 14.7 Å². The van der Waals surface area contributed by atoms with Crippen LogP contribution in [0.15, 0.2) is 30.3 Å². The topological polar surface area (TPSA) is 69.6 Å². The van der Waals surface area contributed by atoms with Gasteiger partial charge in [0, 0.05) is 25.1 Å². The summed E-state index contributed by atoms with van der Waals surface area (Å²) in [6.07, 6.45) is 3.06. The Balaban J connectivity index is 1.73. The van der Waals surface area contributed by atoms with Gasteiger partial charge in [0.2, 0.25) is 5.91 Å². The van der Waals surface area contributed by atoms with E-state index in [-0.39, 0.29) is 24.5 Å². The highest BCUT2D eigenvalue weighted by molar-refractivity contribution is 5.94. The number of likely N-dealkylation sites (tertiary alicyclic amines) is 1. The van der Waals surface area contributed by atoms with Crippen molar-refractivity contribution >= 4 is 11.8 Å². The third kappa shape index (κ3) is 4.79. The molecule has 126 valence electrons. The molecule has 2 amide bonds. The second kappa shape index (κ2) is 8.67. The predicted molar refractivity (Wildman–Crippen MR) is 89.0 cm³/mol. The van der Waals surface area contributed by atoms with Gasteiger partial charge in [0.15, 0.2) is 0 Å². The number of benzene rings is 1. The first-order chi connectivity index (χ1) is 11.1. The fraction of sp³-hybridized carbons (Fsp3) is 0.556. The first kappa shape index (κ1) is 17.5. The van der Waals surface area contributed by atoms with Crippen LogP contribution in [0, 0.1) is 5.92 Å². The van der Waals surface area contributed by atoms with Gasteiger partial charge >= 0.3 is 0 Å². The van der Waals surface area contributed by atoms with Crippen molar-refractivity contribution in [3.63, 3.8) is 0 Å². The van der Waals surface area contributed by atoms with Gasteiger partial charge in [-0.05, 0) is 37.3 Å². The molecule has 2 rings (SSSR count). The SMILES string of the molecule is CC1CCCN(C(=O)CCCNC(=O)c2ccccc2)C1CO. The molecule has 0 radical (unpaired) electrons. The zero-order valence-corrected chi connectivity index (χ0v) is 13.7. The first-order valence-electron chi connectivity index (χ1n) is 8.37. The quantitative estimate of drug-likeness (QED) is 0.786. The molecule has 5 heteroatoms. The molecular weight excluding hydrogens is 292 g/mol. The van der Waals surface area contributed by atoms with Crippen LogP contribution in [-0.2, 0) is 4.79 Å². The third-order valence-electron chi connectivity index (χ3n) is 4.51. The van der Waals surface area contributed by atoms with Gasteiger partial charge in [-0.15, -0.1) is 0 Å². The average molecular weight is 318 g/mol. The molecule has 1 saturated heterocycles. The molecule has 0 saturated carbocycles. The molecule has 1 aliphatic rings. The Morgan fingerprint density at radius 3 is 2.74 bits per heavy atom. The Hall–Kier alpha value is -1.88. The highest BCUT2D eigenvalue weighted by Crippen LogP contribution is 2.23. The predicted octanol–water partition coefficient (Wildman–Crippen LogP) is 1.82. The van der Waals surface area contributed by atoms with Crippen LogP contribution in [-0.4, -0.2) is 47.6 Å². The molecule has 2 atom stereocenters. The second-order valence-electron chi connectivity index (χ2n) is 6.18. The van der Waals surface area contributed by atoms with E-state index >= 15 is 0 Å². The van der Waals surface area contributed by atoms with Crippen LogP contribution in [0.1, 0.15) is 43.0 Å². The summed E-state index contributed by atoms with van der Waals surface area (Å²) in [6, 6.07) is 8.99. The molecule has 0 aromatic heterocycles. The van der Waals surface area contributed by atoms with E-state index in [1.807, 2.05) is 23.1 Å². The van der Waals surface area contributed by atoms with Gasteiger partial charge in [0.25, 0.3) is 5.91 Å². The normalized spacial score (nSPS) is 21.0. The van der Waals surface area contributed by atoms with Crippen LogP contribution in [0.2, 0.25) is 0 Å². The largest absolute Gasteiger partial charge is 0.394 e. The summed E-state index contributed by atoms with van der Waals surface area (Å²) >= 11 is 0. The van der Waals surface area contributed by atoms with Crippen LogP contribution in [0.5, 0.6) is 0 Å². The Kier molecular flexibility index (Phi) is 6.59. The molecule has 5 nitrogen and oxygen atoms in total. The lowest BCUT2D eigenvalue weighted by atomic mass is 9.91. The summed E-state index contributed by atoms with van der Waals surface area (Å²) in [5, 5.41) is 12.3. The molecule has 1 aromatic carbocycles. The molecule has 1 aliphatic heterocycles. The zero-order valence-electron chi connectivity index (χ0n) is 13.7. The van der Waals surface area contributed by atoms with Crippen LogP contribution in [0.3, 0.4) is 0 Å². The summed E-state index contributed by atoms with van der Waals surface area (Å²) in [7, 11) is 0. The molecule has 2 unspecified atom stereocenters. The maximum atomic E-state index is 12.3. The Bertz CT molecular complexity index is 518. The molecule has 2 N–H and O–H groups in total. The Morgan fingerprint density at radius 2 is 2.04 bits per heavy atom. The molecule has 0 bridgehead atoms. The van der Waals surface area contributed by atoms with E-state index in [0.717, 1.165) is 19.4 Å². The molecule has 23 heavy (non-hydrogen) atoms. The molecule has 1 heterocycles. The van der Waals surface area contributed by atoms with Crippen molar-refractivity contribution in [1.29, 1.82) is 0 Å². The van der Waals surface area contributed by atoms with Crippen molar-refractivity contribution in [1.82, 2.24) is 10.2 Å². The van der Waals surface area contributed by atoms with Crippen molar-refractivity contribution in [2.75, 3.05) is 19.7 Å².